The molecule has 0 saturated carbocycles. The van der Waals surface area contributed by atoms with Gasteiger partial charge in [0.25, 0.3) is 0 Å². The lowest BCUT2D eigenvalue weighted by molar-refractivity contribution is 0.122. The van der Waals surface area contributed by atoms with Gasteiger partial charge in [-0.05, 0) is 12.5 Å². The summed E-state index contributed by atoms with van der Waals surface area (Å²) in [7, 11) is 0. The van der Waals surface area contributed by atoms with Gasteiger partial charge in [0, 0.05) is 23.8 Å². The van der Waals surface area contributed by atoms with Gasteiger partial charge in [0.2, 0.25) is 0 Å². The summed E-state index contributed by atoms with van der Waals surface area (Å²) in [5, 5.41) is 4.22. The number of nitrogens with zero attached hydrogens (tertiary/aromatic N) is 2. The second kappa shape index (κ2) is 6.37. The molecule has 1 saturated heterocycles. The molecule has 0 amide bonds. The lowest BCUT2D eigenvalue weighted by Gasteiger charge is -2.25. The monoisotopic (exact) mass is 302 g/mol. The molecule has 0 aromatic carbocycles. The summed E-state index contributed by atoms with van der Waals surface area (Å²) in [6, 6.07) is 0. The Morgan fingerprint density at radius 3 is 3.06 bits per heavy atom. The lowest BCUT2D eigenvalue weighted by atomic mass is 10.3. The van der Waals surface area contributed by atoms with Gasteiger partial charge in [0.05, 0.1) is 18.9 Å². The van der Waals surface area contributed by atoms with Crippen LogP contribution in [0.5, 0.6) is 0 Å². The van der Waals surface area contributed by atoms with Crippen molar-refractivity contribution < 1.29 is 4.74 Å². The molecule has 0 aliphatic carbocycles. The van der Waals surface area contributed by atoms with Gasteiger partial charge in [-0.2, -0.15) is 0 Å². The van der Waals surface area contributed by atoms with E-state index in [1.807, 2.05) is 0 Å². The molecule has 0 bridgehead atoms. The topological polar surface area (TPSA) is 25.4 Å². The van der Waals surface area contributed by atoms with Crippen molar-refractivity contribution in [3.63, 3.8) is 0 Å². The Morgan fingerprint density at radius 1 is 1.50 bits per heavy atom. The van der Waals surface area contributed by atoms with Crippen molar-refractivity contribution in [3.05, 3.63) is 17.2 Å². The Balaban J connectivity index is 1.95. The van der Waals surface area contributed by atoms with E-state index in [-0.39, 0.29) is 0 Å². The summed E-state index contributed by atoms with van der Waals surface area (Å²) in [4.78, 5) is 6.88. The standard InChI is InChI=1S/C11H15BrN2OS/c12-4-2-1-3-10-9-16-11(13-10)14-5-7-15-8-6-14/h1,3,9H,2,4-8H2. The number of halogens is 1. The Morgan fingerprint density at radius 2 is 2.31 bits per heavy atom. The largest absolute Gasteiger partial charge is 0.378 e. The van der Waals surface area contributed by atoms with Crippen LogP contribution >= 0.6 is 27.3 Å². The molecule has 2 rings (SSSR count). The highest BCUT2D eigenvalue weighted by molar-refractivity contribution is 9.09. The first-order chi connectivity index (χ1) is 7.90. The fourth-order valence-electron chi connectivity index (χ4n) is 1.52. The van der Waals surface area contributed by atoms with Crippen molar-refractivity contribution in [2.75, 3.05) is 36.5 Å². The van der Waals surface area contributed by atoms with E-state index in [1.165, 1.54) is 0 Å². The maximum absolute atomic E-state index is 5.32. The molecule has 0 spiro atoms. The number of aromatic nitrogens is 1. The molecule has 88 valence electrons. The highest BCUT2D eigenvalue weighted by Gasteiger charge is 2.13. The molecule has 3 nitrogen and oxygen atoms in total. The van der Waals surface area contributed by atoms with Crippen LogP contribution in [0.1, 0.15) is 12.1 Å². The molecule has 16 heavy (non-hydrogen) atoms. The Hall–Kier alpha value is -0.390. The van der Waals surface area contributed by atoms with Gasteiger partial charge in [-0.1, -0.05) is 22.0 Å². The number of rotatable bonds is 4. The molecular formula is C11H15BrN2OS. The number of hydrogen-bond donors (Lipinski definition) is 0. The van der Waals surface area contributed by atoms with Crippen LogP contribution in [-0.2, 0) is 4.74 Å². The highest BCUT2D eigenvalue weighted by atomic mass is 79.9. The minimum absolute atomic E-state index is 0.814. The van der Waals surface area contributed by atoms with Crippen LogP contribution in [-0.4, -0.2) is 36.6 Å². The number of hydrogen-bond acceptors (Lipinski definition) is 4. The van der Waals surface area contributed by atoms with E-state index in [9.17, 15) is 0 Å². The maximum atomic E-state index is 5.32. The van der Waals surface area contributed by atoms with Crippen LogP contribution in [0, 0.1) is 0 Å². The van der Waals surface area contributed by atoms with Crippen molar-refractivity contribution >= 4 is 38.5 Å². The molecule has 1 aromatic rings. The maximum Gasteiger partial charge on any atom is 0.185 e. The summed E-state index contributed by atoms with van der Waals surface area (Å²) in [6.07, 6.45) is 5.28. The number of ether oxygens (including phenoxy) is 1. The van der Waals surface area contributed by atoms with Gasteiger partial charge in [-0.25, -0.2) is 4.98 Å². The van der Waals surface area contributed by atoms with E-state index in [1.54, 1.807) is 11.3 Å². The molecule has 2 heterocycles. The van der Waals surface area contributed by atoms with E-state index in [0.717, 1.165) is 48.9 Å². The number of anilines is 1. The van der Waals surface area contributed by atoms with Crippen molar-refractivity contribution in [2.45, 2.75) is 6.42 Å². The fraction of sp³-hybridized carbons (Fsp3) is 0.545. The Bertz CT molecular complexity index is 348. The number of allylic oxidation sites excluding steroid dienone is 1. The molecule has 0 N–H and O–H groups in total. The summed E-state index contributed by atoms with van der Waals surface area (Å²) in [5.74, 6) is 0. The quantitative estimate of drug-likeness (QED) is 0.800. The molecule has 5 heteroatoms. The summed E-state index contributed by atoms with van der Waals surface area (Å²) < 4.78 is 5.32. The van der Waals surface area contributed by atoms with Gasteiger partial charge in [-0.3, -0.25) is 0 Å². The van der Waals surface area contributed by atoms with Gasteiger partial charge in [0.1, 0.15) is 0 Å². The van der Waals surface area contributed by atoms with Crippen LogP contribution < -0.4 is 4.90 Å². The van der Waals surface area contributed by atoms with E-state index >= 15 is 0 Å². The highest BCUT2D eigenvalue weighted by Crippen LogP contribution is 2.22. The SMILES string of the molecule is BrCCC=Cc1csc(N2CCOCC2)n1. The van der Waals surface area contributed by atoms with Crippen LogP contribution in [0.15, 0.2) is 11.5 Å². The zero-order valence-corrected chi connectivity index (χ0v) is 11.5. The normalized spacial score (nSPS) is 17.2. The van der Waals surface area contributed by atoms with E-state index in [2.05, 4.69) is 43.3 Å². The predicted octanol–water partition coefficient (Wildman–Crippen LogP) is 2.78. The first kappa shape index (κ1) is 12.1. The number of alkyl halides is 1. The van der Waals surface area contributed by atoms with Crippen molar-refractivity contribution in [3.8, 4) is 0 Å². The predicted molar refractivity (Wildman–Crippen MR) is 72.6 cm³/mol. The Kier molecular flexibility index (Phi) is 4.81. The molecular weight excluding hydrogens is 288 g/mol. The zero-order chi connectivity index (χ0) is 11.2. The van der Waals surface area contributed by atoms with E-state index in [0.29, 0.717) is 0 Å². The summed E-state index contributed by atoms with van der Waals surface area (Å²) >= 11 is 5.11. The average Bonchev–Trinajstić information content (AvgIpc) is 2.79. The van der Waals surface area contributed by atoms with Crippen LogP contribution in [0.3, 0.4) is 0 Å². The molecule has 1 aromatic heterocycles. The second-order valence-electron chi connectivity index (χ2n) is 3.53. The van der Waals surface area contributed by atoms with Gasteiger partial charge >= 0.3 is 0 Å². The number of morpholine rings is 1. The summed E-state index contributed by atoms with van der Waals surface area (Å²) in [6.45, 7) is 3.54. The van der Waals surface area contributed by atoms with Crippen molar-refractivity contribution in [1.29, 1.82) is 0 Å². The third-order valence-corrected chi connectivity index (χ3v) is 3.73. The van der Waals surface area contributed by atoms with Crippen LogP contribution in [0.25, 0.3) is 6.08 Å². The van der Waals surface area contributed by atoms with Crippen molar-refractivity contribution in [2.24, 2.45) is 0 Å². The third-order valence-electron chi connectivity index (χ3n) is 2.36. The van der Waals surface area contributed by atoms with E-state index in [4.69, 9.17) is 4.74 Å². The molecule has 0 unspecified atom stereocenters. The molecule has 1 aliphatic heterocycles. The fourth-order valence-corrected chi connectivity index (χ4v) is 2.63. The zero-order valence-electron chi connectivity index (χ0n) is 9.06. The van der Waals surface area contributed by atoms with Gasteiger partial charge < -0.3 is 9.64 Å². The third kappa shape index (κ3) is 3.30. The first-order valence-electron chi connectivity index (χ1n) is 5.41. The first-order valence-corrected chi connectivity index (χ1v) is 7.41. The average molecular weight is 303 g/mol. The minimum Gasteiger partial charge on any atom is -0.378 e. The van der Waals surface area contributed by atoms with Crippen LogP contribution in [0.4, 0.5) is 5.13 Å². The minimum atomic E-state index is 0.814. The lowest BCUT2D eigenvalue weighted by Crippen LogP contribution is -2.36. The molecule has 1 aliphatic rings. The van der Waals surface area contributed by atoms with Crippen molar-refractivity contribution in [1.82, 2.24) is 4.98 Å². The smallest absolute Gasteiger partial charge is 0.185 e. The Labute approximate surface area is 108 Å². The molecule has 0 radical (unpaired) electrons. The second-order valence-corrected chi connectivity index (χ2v) is 5.16. The number of thiazole rings is 1. The molecule has 1 fully saturated rings. The molecule has 0 atom stereocenters. The summed E-state index contributed by atoms with van der Waals surface area (Å²) in [5.41, 5.74) is 1.06. The van der Waals surface area contributed by atoms with Gasteiger partial charge in [0.15, 0.2) is 5.13 Å². The van der Waals surface area contributed by atoms with Gasteiger partial charge in [-0.15, -0.1) is 11.3 Å². The van der Waals surface area contributed by atoms with E-state index < -0.39 is 0 Å². The van der Waals surface area contributed by atoms with Crippen LogP contribution in [0.2, 0.25) is 0 Å².